The number of benzene rings is 1. The maximum absolute atomic E-state index is 15.2. The maximum atomic E-state index is 15.2. The van der Waals surface area contributed by atoms with E-state index in [0.29, 0.717) is 30.8 Å². The molecule has 9 heteroatoms. The summed E-state index contributed by atoms with van der Waals surface area (Å²) in [4.78, 5) is 29.4. The number of rotatable bonds is 12. The predicted molar refractivity (Wildman–Crippen MR) is 198 cm³/mol. The lowest BCUT2D eigenvalue weighted by Crippen LogP contribution is -2.47. The van der Waals surface area contributed by atoms with E-state index < -0.39 is 33.9 Å². The second-order valence-corrected chi connectivity index (χ2v) is 18.5. The maximum Gasteiger partial charge on any atom is 0.411 e. The minimum Gasteiger partial charge on any atom is -0.434 e. The summed E-state index contributed by atoms with van der Waals surface area (Å²) in [5.74, 6) is -0.201. The first kappa shape index (κ1) is 41.2. The summed E-state index contributed by atoms with van der Waals surface area (Å²) in [5, 5.41) is 0. The number of hydrogen-bond donors (Lipinski definition) is 0. The summed E-state index contributed by atoms with van der Waals surface area (Å²) in [6, 6.07) is 3.64. The second-order valence-electron chi connectivity index (χ2n) is 16.7. The Morgan fingerprint density at radius 3 is 1.94 bits per heavy atom. The second kappa shape index (κ2) is 16.4. The summed E-state index contributed by atoms with van der Waals surface area (Å²) in [5.41, 5.74) is 2.99. The van der Waals surface area contributed by atoms with E-state index in [2.05, 4.69) is 53.7 Å². The monoisotopic (exact) mass is 702 g/mol. The third-order valence-electron chi connectivity index (χ3n) is 10.1. The quantitative estimate of drug-likeness (QED) is 0.202. The van der Waals surface area contributed by atoms with E-state index in [-0.39, 0.29) is 47.6 Å². The number of amides is 1. The highest BCUT2D eigenvalue weighted by atomic mass is 32.2. The van der Waals surface area contributed by atoms with Crippen LogP contribution in [0.5, 0.6) is 0 Å². The lowest BCUT2D eigenvalue weighted by atomic mass is 9.80. The van der Waals surface area contributed by atoms with Crippen molar-refractivity contribution in [1.82, 2.24) is 9.21 Å². The van der Waals surface area contributed by atoms with Crippen LogP contribution >= 0.6 is 0 Å². The summed E-state index contributed by atoms with van der Waals surface area (Å²) in [6.07, 6.45) is 3.28. The van der Waals surface area contributed by atoms with E-state index in [4.69, 9.17) is 9.47 Å². The van der Waals surface area contributed by atoms with Gasteiger partial charge in [-0.05, 0) is 93.9 Å². The number of nitrogens with zero attached hydrogens (tertiary/aromatic N) is 2. The minimum atomic E-state index is -4.01. The number of ketones is 1. The van der Waals surface area contributed by atoms with Crippen molar-refractivity contribution in [3.8, 4) is 0 Å². The highest BCUT2D eigenvalue weighted by Gasteiger charge is 2.49. The van der Waals surface area contributed by atoms with Gasteiger partial charge in [0.1, 0.15) is 6.23 Å². The average Bonchev–Trinajstić information content (AvgIpc) is 3.44. The topological polar surface area (TPSA) is 93.2 Å². The van der Waals surface area contributed by atoms with Gasteiger partial charge in [0, 0.05) is 23.4 Å². The Hall–Kier alpha value is -2.23. The lowest BCUT2D eigenvalue weighted by molar-refractivity contribution is -0.133. The van der Waals surface area contributed by atoms with Gasteiger partial charge in [0.2, 0.25) is 10.0 Å². The van der Waals surface area contributed by atoms with Crippen LogP contribution in [0.4, 0.5) is 4.79 Å². The lowest BCUT2D eigenvalue weighted by Gasteiger charge is -2.37. The van der Waals surface area contributed by atoms with E-state index in [0.717, 1.165) is 35.1 Å². The third kappa shape index (κ3) is 9.17. The van der Waals surface area contributed by atoms with Gasteiger partial charge in [-0.1, -0.05) is 93.4 Å². The van der Waals surface area contributed by atoms with E-state index in [1.165, 1.54) is 0 Å². The fraction of sp³-hybridized carbons (Fsp3) is 0.750. The molecular weight excluding hydrogens is 637 g/mol. The van der Waals surface area contributed by atoms with Gasteiger partial charge in [0.15, 0.2) is 11.9 Å². The Morgan fingerprint density at radius 1 is 0.939 bits per heavy atom. The molecule has 8 nitrogen and oxygen atoms in total. The van der Waals surface area contributed by atoms with Crippen LogP contribution in [0.25, 0.3) is 0 Å². The summed E-state index contributed by atoms with van der Waals surface area (Å²) in [7, 11) is -4.01. The van der Waals surface area contributed by atoms with Crippen LogP contribution in [0.2, 0.25) is 0 Å². The Bertz CT molecular complexity index is 1420. The molecule has 1 aliphatic heterocycles. The Kier molecular flexibility index (Phi) is 13.8. The van der Waals surface area contributed by atoms with Crippen molar-refractivity contribution in [1.29, 1.82) is 0 Å². The summed E-state index contributed by atoms with van der Waals surface area (Å²) >= 11 is 0. The average molecular weight is 703 g/mol. The highest BCUT2D eigenvalue weighted by Crippen LogP contribution is 2.44. The molecule has 0 N–H and O–H groups in total. The Balaban J connectivity index is 2.19. The molecular formula is C40H66N2O6S. The molecule has 1 aromatic rings. The van der Waals surface area contributed by atoms with Gasteiger partial charge >= 0.3 is 6.09 Å². The van der Waals surface area contributed by atoms with E-state index in [1.54, 1.807) is 9.21 Å². The van der Waals surface area contributed by atoms with E-state index in [1.807, 2.05) is 61.5 Å². The van der Waals surface area contributed by atoms with Gasteiger partial charge in [-0.2, -0.15) is 4.31 Å². The van der Waals surface area contributed by atoms with Gasteiger partial charge in [0.05, 0.1) is 17.5 Å². The molecule has 4 atom stereocenters. The highest BCUT2D eigenvalue weighted by molar-refractivity contribution is 7.89. The van der Waals surface area contributed by atoms with Crippen molar-refractivity contribution in [2.45, 2.75) is 182 Å². The van der Waals surface area contributed by atoms with Crippen molar-refractivity contribution in [2.24, 2.45) is 11.3 Å². The first-order valence-corrected chi connectivity index (χ1v) is 20.2. The molecule has 0 radical (unpaired) electrons. The number of sulfonamides is 1. The Labute approximate surface area is 298 Å². The molecule has 1 aliphatic carbocycles. The fourth-order valence-electron chi connectivity index (χ4n) is 7.35. The minimum absolute atomic E-state index is 0.00302. The summed E-state index contributed by atoms with van der Waals surface area (Å²) < 4.78 is 44.6. The van der Waals surface area contributed by atoms with Crippen molar-refractivity contribution in [2.75, 3.05) is 6.61 Å². The molecule has 49 heavy (non-hydrogen) atoms. The zero-order valence-electron chi connectivity index (χ0n) is 32.9. The van der Waals surface area contributed by atoms with Crippen molar-refractivity contribution in [3.63, 3.8) is 0 Å². The molecule has 2 aliphatic rings. The number of carbonyl (C=O) groups is 2. The normalized spacial score (nSPS) is 22.6. The van der Waals surface area contributed by atoms with Crippen LogP contribution in [0, 0.1) is 11.3 Å². The molecule has 1 heterocycles. The molecule has 1 amide bonds. The molecule has 1 saturated heterocycles. The first-order valence-electron chi connectivity index (χ1n) is 18.7. The molecule has 0 aromatic heterocycles. The van der Waals surface area contributed by atoms with E-state index >= 15 is 8.42 Å². The molecule has 0 unspecified atom stereocenters. The summed E-state index contributed by atoms with van der Waals surface area (Å²) in [6.45, 7) is 28.1. The van der Waals surface area contributed by atoms with E-state index in [9.17, 15) is 9.59 Å². The molecule has 0 bridgehead atoms. The zero-order valence-corrected chi connectivity index (χ0v) is 33.7. The van der Waals surface area contributed by atoms with Gasteiger partial charge in [0.25, 0.3) is 0 Å². The fourth-order valence-corrected chi connectivity index (χ4v) is 9.83. The third-order valence-corrected chi connectivity index (χ3v) is 12.2. The Morgan fingerprint density at radius 2 is 1.49 bits per heavy atom. The number of Topliss-reactive ketones (excluding diaryl/α,β-unsaturated/α-hetero) is 1. The number of hydrogen-bond acceptors (Lipinski definition) is 6. The molecule has 3 rings (SSSR count). The van der Waals surface area contributed by atoms with Gasteiger partial charge in [-0.3, -0.25) is 4.79 Å². The smallest absolute Gasteiger partial charge is 0.411 e. The molecule has 1 aromatic carbocycles. The molecule has 0 spiro atoms. The van der Waals surface area contributed by atoms with Crippen molar-refractivity contribution < 1.29 is 27.5 Å². The largest absolute Gasteiger partial charge is 0.434 e. The van der Waals surface area contributed by atoms with Crippen LogP contribution in [-0.2, 0) is 24.3 Å². The first-order chi connectivity index (χ1) is 22.6. The van der Waals surface area contributed by atoms with Crippen molar-refractivity contribution in [3.05, 3.63) is 40.5 Å². The number of carbonyl (C=O) groups excluding carboxylic acids is 2. The SMILES string of the molecule is CC[C@@H]1CO[C@H]([C@@H]2CCCC/C2=C\[C@@H](OC(=O)N(C(C)C)C(C)C)C(=O)C(C)(C)C)N1S(=O)(=O)c1c(C(C)C)cc(C(C)C)cc1C(C)C. The van der Waals surface area contributed by atoms with Crippen LogP contribution < -0.4 is 0 Å². The van der Waals surface area contributed by atoms with Gasteiger partial charge < -0.3 is 14.4 Å². The molecule has 2 fully saturated rings. The van der Waals surface area contributed by atoms with Gasteiger partial charge in [-0.25, -0.2) is 13.2 Å². The number of ether oxygens (including phenoxy) is 2. The standard InChI is InChI=1S/C40H66N2O6S/c1-15-31-23-47-38(42(31)49(45,46)36-33(25(4)5)20-30(24(2)3)21-34(36)26(6)7)32-19-17-16-18-29(32)22-35(37(43)40(12,13)14)48-39(44)41(27(8)9)28(10)11/h20-22,24-28,31-32,35,38H,15-19,23H2,1-14H3/b29-22+/t31-,32-,35-,38-/m1/s1. The van der Waals surface area contributed by atoms with Crippen LogP contribution in [0.3, 0.4) is 0 Å². The van der Waals surface area contributed by atoms with Crippen LogP contribution in [0.15, 0.2) is 28.7 Å². The van der Waals surface area contributed by atoms with Crippen LogP contribution in [-0.4, -0.2) is 66.6 Å². The molecule has 1 saturated carbocycles. The van der Waals surface area contributed by atoms with Crippen LogP contribution in [0.1, 0.15) is 163 Å². The molecule has 278 valence electrons. The zero-order chi connectivity index (χ0) is 37.2. The van der Waals surface area contributed by atoms with Gasteiger partial charge in [-0.15, -0.1) is 0 Å². The predicted octanol–water partition coefficient (Wildman–Crippen LogP) is 9.54. The van der Waals surface area contributed by atoms with Crippen molar-refractivity contribution >= 4 is 21.9 Å².